The van der Waals surface area contributed by atoms with Crippen LogP contribution >= 0.6 is 0 Å². The molecule has 0 amide bonds. The number of ether oxygens (including phenoxy) is 2. The maximum Gasteiger partial charge on any atom is 0.346 e. The topological polar surface area (TPSA) is 76.4 Å². The van der Waals surface area contributed by atoms with E-state index in [1.807, 2.05) is 18.2 Å². The molecule has 1 fully saturated rings. The van der Waals surface area contributed by atoms with Crippen molar-refractivity contribution in [2.24, 2.45) is 5.92 Å². The minimum atomic E-state index is -1.32. The summed E-state index contributed by atoms with van der Waals surface area (Å²) in [6.07, 6.45) is 4.84. The Labute approximate surface area is 136 Å². The fraction of sp³-hybridized carbons (Fsp3) is 0.500. The molecular weight excluding hydrogens is 294 g/mol. The van der Waals surface area contributed by atoms with Crippen LogP contribution in [0.5, 0.6) is 0 Å². The second kappa shape index (κ2) is 7.77. The summed E-state index contributed by atoms with van der Waals surface area (Å²) in [5.41, 5.74) is -0.649. The summed E-state index contributed by atoms with van der Waals surface area (Å²) < 4.78 is 10.3. The van der Waals surface area contributed by atoms with Crippen LogP contribution in [0.1, 0.15) is 44.6 Å². The molecule has 0 aliphatic heterocycles. The van der Waals surface area contributed by atoms with Gasteiger partial charge in [0.25, 0.3) is 0 Å². The smallest absolute Gasteiger partial charge is 0.346 e. The highest BCUT2D eigenvalue weighted by Gasteiger charge is 2.45. The Balaban J connectivity index is 2.28. The fourth-order valence-corrected chi connectivity index (χ4v) is 3.12. The van der Waals surface area contributed by atoms with Gasteiger partial charge in [0.1, 0.15) is 6.07 Å². The molecule has 23 heavy (non-hydrogen) atoms. The van der Waals surface area contributed by atoms with E-state index < -0.39 is 24.1 Å². The van der Waals surface area contributed by atoms with Crippen LogP contribution in [0, 0.1) is 17.2 Å². The highest BCUT2D eigenvalue weighted by atomic mass is 16.6. The zero-order valence-electron chi connectivity index (χ0n) is 13.3. The lowest BCUT2D eigenvalue weighted by atomic mass is 9.74. The maximum absolute atomic E-state index is 12.1. The molecule has 1 saturated carbocycles. The van der Waals surface area contributed by atoms with Crippen LogP contribution in [0.25, 0.3) is 0 Å². The van der Waals surface area contributed by atoms with E-state index in [9.17, 15) is 14.9 Å². The summed E-state index contributed by atoms with van der Waals surface area (Å²) in [6, 6.07) is 11.3. The molecule has 1 aliphatic rings. The van der Waals surface area contributed by atoms with E-state index in [1.54, 1.807) is 12.1 Å². The minimum Gasteiger partial charge on any atom is -0.454 e. The Morgan fingerprint density at radius 3 is 2.43 bits per heavy atom. The van der Waals surface area contributed by atoms with Crippen LogP contribution in [0.15, 0.2) is 30.3 Å². The van der Waals surface area contributed by atoms with Crippen molar-refractivity contribution in [3.63, 3.8) is 0 Å². The molecule has 1 aromatic rings. The van der Waals surface area contributed by atoms with Crippen molar-refractivity contribution in [3.8, 4) is 6.07 Å². The Kier molecular flexibility index (Phi) is 5.75. The van der Waals surface area contributed by atoms with Gasteiger partial charge in [0.15, 0.2) is 6.61 Å². The molecule has 0 saturated heterocycles. The summed E-state index contributed by atoms with van der Waals surface area (Å²) in [7, 11) is 0. The third-order valence-corrected chi connectivity index (χ3v) is 4.22. The average molecular weight is 315 g/mol. The van der Waals surface area contributed by atoms with E-state index in [4.69, 9.17) is 9.47 Å². The number of hydrogen-bond donors (Lipinski definition) is 0. The molecule has 0 N–H and O–H groups in total. The molecule has 0 radical (unpaired) electrons. The molecule has 1 atom stereocenters. The van der Waals surface area contributed by atoms with Crippen LogP contribution in [0.2, 0.25) is 0 Å². The van der Waals surface area contributed by atoms with Gasteiger partial charge in [0.2, 0.25) is 5.60 Å². The molecular formula is C18H21NO4. The van der Waals surface area contributed by atoms with Gasteiger partial charge < -0.3 is 9.47 Å². The van der Waals surface area contributed by atoms with E-state index in [-0.39, 0.29) is 5.92 Å². The predicted octanol–water partition coefficient (Wildman–Crippen LogP) is 3.09. The summed E-state index contributed by atoms with van der Waals surface area (Å²) in [4.78, 5) is 22.9. The molecule has 5 heteroatoms. The highest BCUT2D eigenvalue weighted by Crippen LogP contribution is 2.42. The lowest BCUT2D eigenvalue weighted by molar-refractivity contribution is -0.171. The predicted molar refractivity (Wildman–Crippen MR) is 83.0 cm³/mol. The third-order valence-electron chi connectivity index (χ3n) is 4.22. The van der Waals surface area contributed by atoms with Crippen molar-refractivity contribution in [2.75, 3.05) is 6.61 Å². The molecule has 0 bridgehead atoms. The molecule has 0 aromatic heterocycles. The van der Waals surface area contributed by atoms with E-state index >= 15 is 0 Å². The molecule has 122 valence electrons. The van der Waals surface area contributed by atoms with Crippen molar-refractivity contribution in [2.45, 2.75) is 44.6 Å². The van der Waals surface area contributed by atoms with E-state index in [0.29, 0.717) is 5.56 Å². The van der Waals surface area contributed by atoms with Crippen molar-refractivity contribution in [3.05, 3.63) is 35.9 Å². The van der Waals surface area contributed by atoms with Crippen molar-refractivity contribution in [1.82, 2.24) is 0 Å². The normalized spacial score (nSPS) is 17.6. The van der Waals surface area contributed by atoms with Gasteiger partial charge in [-0.3, -0.25) is 4.79 Å². The first-order chi connectivity index (χ1) is 11.1. The van der Waals surface area contributed by atoms with Gasteiger partial charge in [-0.25, -0.2) is 4.79 Å². The first-order valence-corrected chi connectivity index (χ1v) is 7.90. The van der Waals surface area contributed by atoms with E-state index in [1.165, 1.54) is 6.92 Å². The number of carbonyl (C=O) groups excluding carboxylic acids is 2. The Hall–Kier alpha value is -2.35. The number of benzene rings is 1. The Morgan fingerprint density at radius 2 is 1.87 bits per heavy atom. The van der Waals surface area contributed by atoms with Crippen LogP contribution < -0.4 is 0 Å². The SMILES string of the molecule is CC(=O)OCC(=O)O[C@](C#N)(c1ccccc1)C1CCCCC1. The molecule has 1 aromatic carbocycles. The lowest BCUT2D eigenvalue weighted by Gasteiger charge is -2.37. The van der Waals surface area contributed by atoms with Crippen molar-refractivity contribution < 1.29 is 19.1 Å². The number of hydrogen-bond acceptors (Lipinski definition) is 5. The largest absolute Gasteiger partial charge is 0.454 e. The number of nitrogens with zero attached hydrogens (tertiary/aromatic N) is 1. The zero-order chi connectivity index (χ0) is 16.7. The van der Waals surface area contributed by atoms with Gasteiger partial charge in [-0.05, 0) is 12.8 Å². The van der Waals surface area contributed by atoms with Crippen molar-refractivity contribution in [1.29, 1.82) is 5.26 Å². The minimum absolute atomic E-state index is 0.0510. The van der Waals surface area contributed by atoms with Gasteiger partial charge in [-0.1, -0.05) is 49.6 Å². The molecule has 0 spiro atoms. The quantitative estimate of drug-likeness (QED) is 0.780. The van der Waals surface area contributed by atoms with Gasteiger partial charge >= 0.3 is 11.9 Å². The van der Waals surface area contributed by atoms with E-state index in [2.05, 4.69) is 6.07 Å². The van der Waals surface area contributed by atoms with Gasteiger partial charge in [-0.2, -0.15) is 5.26 Å². The monoisotopic (exact) mass is 315 g/mol. The van der Waals surface area contributed by atoms with Crippen LogP contribution in [0.3, 0.4) is 0 Å². The first-order valence-electron chi connectivity index (χ1n) is 7.90. The summed E-state index contributed by atoms with van der Waals surface area (Å²) >= 11 is 0. The second-order valence-electron chi connectivity index (χ2n) is 5.80. The number of carbonyl (C=O) groups is 2. The second-order valence-corrected chi connectivity index (χ2v) is 5.80. The molecule has 5 nitrogen and oxygen atoms in total. The highest BCUT2D eigenvalue weighted by molar-refractivity contribution is 5.76. The molecule has 2 rings (SSSR count). The lowest BCUT2D eigenvalue weighted by Crippen LogP contribution is -2.41. The molecule has 0 unspecified atom stereocenters. The van der Waals surface area contributed by atoms with Gasteiger partial charge in [0, 0.05) is 18.4 Å². The van der Waals surface area contributed by atoms with Crippen LogP contribution in [-0.4, -0.2) is 18.5 Å². The summed E-state index contributed by atoms with van der Waals surface area (Å²) in [5.74, 6) is -1.30. The summed E-state index contributed by atoms with van der Waals surface area (Å²) in [5, 5.41) is 9.87. The van der Waals surface area contributed by atoms with Gasteiger partial charge in [-0.15, -0.1) is 0 Å². The Bertz CT molecular complexity index is 587. The van der Waals surface area contributed by atoms with Crippen LogP contribution in [0.4, 0.5) is 0 Å². The standard InChI is InChI=1S/C18H21NO4/c1-14(20)22-12-17(21)23-18(13-19,15-8-4-2-5-9-15)16-10-6-3-7-11-16/h2,4-5,8-9,16H,3,6-7,10-12H2,1H3/t18-/m1/s1. The summed E-state index contributed by atoms with van der Waals surface area (Å²) in [6.45, 7) is 0.751. The number of esters is 2. The zero-order valence-corrected chi connectivity index (χ0v) is 13.3. The van der Waals surface area contributed by atoms with E-state index in [0.717, 1.165) is 32.1 Å². The molecule has 0 heterocycles. The Morgan fingerprint density at radius 1 is 1.22 bits per heavy atom. The van der Waals surface area contributed by atoms with Crippen LogP contribution in [-0.2, 0) is 24.7 Å². The number of rotatable bonds is 5. The third kappa shape index (κ3) is 4.10. The maximum atomic E-state index is 12.1. The first kappa shape index (κ1) is 17.0. The van der Waals surface area contributed by atoms with Crippen molar-refractivity contribution >= 4 is 11.9 Å². The fourth-order valence-electron chi connectivity index (χ4n) is 3.12. The number of nitriles is 1. The van der Waals surface area contributed by atoms with Gasteiger partial charge in [0.05, 0.1) is 0 Å². The average Bonchev–Trinajstić information content (AvgIpc) is 2.59. The molecule has 1 aliphatic carbocycles.